The lowest BCUT2D eigenvalue weighted by molar-refractivity contribution is -0.193. The van der Waals surface area contributed by atoms with Crippen molar-refractivity contribution in [2.45, 2.75) is 12.4 Å². The Hall–Kier alpha value is -4.89. The number of amides is 1. The van der Waals surface area contributed by atoms with E-state index in [1.807, 2.05) is 24.3 Å². The Labute approximate surface area is 210 Å². The standard InChI is InChI=1S/C18H19N5O.2C2HF3O2/c19-16(20)13-6-8-14(9-7-13)18(24)23-10-2-4-12-3-1-5-15(11-12)17(21)22;2*3-2(4,5)1(6)7/h1-9,11H,10H2,(H3,19,20)(H3,21,22)(H,23,24);2*(H,6,7)/b4-2+;;. The molecule has 2 aromatic carbocycles. The van der Waals surface area contributed by atoms with Gasteiger partial charge in [0.25, 0.3) is 5.91 Å². The molecule has 2 aromatic rings. The van der Waals surface area contributed by atoms with Crippen LogP contribution in [0.4, 0.5) is 26.3 Å². The van der Waals surface area contributed by atoms with Gasteiger partial charge in [-0.05, 0) is 23.8 Å². The Morgan fingerprint density at radius 3 is 1.61 bits per heavy atom. The van der Waals surface area contributed by atoms with Crippen molar-refractivity contribution in [3.63, 3.8) is 0 Å². The van der Waals surface area contributed by atoms with Gasteiger partial charge in [0.1, 0.15) is 11.7 Å². The number of carbonyl (C=O) groups is 3. The number of nitrogen functional groups attached to an aromatic ring is 2. The van der Waals surface area contributed by atoms with E-state index in [0.29, 0.717) is 23.2 Å². The second-order valence-electron chi connectivity index (χ2n) is 6.75. The molecule has 0 radical (unpaired) electrons. The summed E-state index contributed by atoms with van der Waals surface area (Å²) in [5.74, 6) is -5.72. The van der Waals surface area contributed by atoms with Gasteiger partial charge in [0.2, 0.25) is 0 Å². The van der Waals surface area contributed by atoms with Crippen LogP contribution in [-0.2, 0) is 9.59 Å². The van der Waals surface area contributed by atoms with Crippen LogP contribution in [0.2, 0.25) is 0 Å². The van der Waals surface area contributed by atoms with Crippen molar-refractivity contribution in [1.29, 1.82) is 10.8 Å². The molecular formula is C22H21F6N5O5. The van der Waals surface area contributed by atoms with E-state index in [9.17, 15) is 31.1 Å². The van der Waals surface area contributed by atoms with Gasteiger partial charge in [-0.2, -0.15) is 26.3 Å². The second-order valence-corrected chi connectivity index (χ2v) is 6.75. The number of hydrogen-bond acceptors (Lipinski definition) is 5. The molecule has 1 amide bonds. The first-order valence-corrected chi connectivity index (χ1v) is 9.80. The summed E-state index contributed by atoms with van der Waals surface area (Å²) < 4.78 is 63.5. The van der Waals surface area contributed by atoms with Crippen molar-refractivity contribution in [3.8, 4) is 0 Å². The highest BCUT2D eigenvalue weighted by molar-refractivity contribution is 5.98. The Morgan fingerprint density at radius 1 is 0.789 bits per heavy atom. The SMILES string of the molecule is N=C(N)c1ccc(C(=O)NC/C=C/c2cccc(C(=N)N)c2)cc1.O=C(O)C(F)(F)F.O=C(O)C(F)(F)F. The fraction of sp³-hybridized carbons (Fsp3) is 0.136. The number of carboxylic acids is 2. The number of carbonyl (C=O) groups excluding carboxylic acids is 1. The molecule has 10 nitrogen and oxygen atoms in total. The highest BCUT2D eigenvalue weighted by atomic mass is 19.4. The minimum absolute atomic E-state index is 0.0209. The molecule has 0 aliphatic rings. The zero-order valence-electron chi connectivity index (χ0n) is 19.0. The molecule has 0 atom stereocenters. The molecule has 0 heterocycles. The highest BCUT2D eigenvalue weighted by Gasteiger charge is 2.38. The quantitative estimate of drug-likeness (QED) is 0.163. The molecule has 0 saturated heterocycles. The van der Waals surface area contributed by atoms with E-state index in [1.165, 1.54) is 0 Å². The minimum Gasteiger partial charge on any atom is -0.475 e. The smallest absolute Gasteiger partial charge is 0.475 e. The third-order valence-corrected chi connectivity index (χ3v) is 3.83. The summed E-state index contributed by atoms with van der Waals surface area (Å²) in [4.78, 5) is 29.8. The molecule has 2 rings (SSSR count). The molecule has 0 fully saturated rings. The van der Waals surface area contributed by atoms with E-state index in [0.717, 1.165) is 5.56 Å². The van der Waals surface area contributed by atoms with Crippen molar-refractivity contribution in [3.05, 3.63) is 76.9 Å². The lowest BCUT2D eigenvalue weighted by Gasteiger charge is -2.04. The van der Waals surface area contributed by atoms with Crippen molar-refractivity contribution in [2.24, 2.45) is 11.5 Å². The number of amidine groups is 2. The topological polar surface area (TPSA) is 203 Å². The monoisotopic (exact) mass is 549 g/mol. The molecule has 38 heavy (non-hydrogen) atoms. The summed E-state index contributed by atoms with van der Waals surface area (Å²) in [5.41, 5.74) is 13.5. The number of halogens is 6. The van der Waals surface area contributed by atoms with Gasteiger partial charge in [0.05, 0.1) is 0 Å². The first-order valence-electron chi connectivity index (χ1n) is 9.80. The maximum atomic E-state index is 12.0. The first-order chi connectivity index (χ1) is 17.4. The molecule has 0 bridgehead atoms. The largest absolute Gasteiger partial charge is 0.490 e. The Morgan fingerprint density at radius 2 is 1.21 bits per heavy atom. The maximum Gasteiger partial charge on any atom is 0.490 e. The third kappa shape index (κ3) is 13.3. The Kier molecular flexibility index (Phi) is 12.7. The van der Waals surface area contributed by atoms with Crippen molar-refractivity contribution < 1.29 is 50.9 Å². The lowest BCUT2D eigenvalue weighted by Crippen LogP contribution is -2.23. The summed E-state index contributed by atoms with van der Waals surface area (Å²) in [6, 6.07) is 13.8. The van der Waals surface area contributed by atoms with E-state index in [-0.39, 0.29) is 17.6 Å². The van der Waals surface area contributed by atoms with E-state index in [1.54, 1.807) is 36.4 Å². The summed E-state index contributed by atoms with van der Waals surface area (Å²) in [6.45, 7) is 0.373. The predicted octanol–water partition coefficient (Wildman–Crippen LogP) is 2.96. The van der Waals surface area contributed by atoms with Crippen LogP contribution >= 0.6 is 0 Å². The first kappa shape index (κ1) is 33.1. The van der Waals surface area contributed by atoms with Crippen LogP contribution in [0.25, 0.3) is 6.08 Å². The van der Waals surface area contributed by atoms with Crippen LogP contribution in [0.1, 0.15) is 27.0 Å². The average Bonchev–Trinajstić information content (AvgIpc) is 2.81. The van der Waals surface area contributed by atoms with Crippen LogP contribution in [0, 0.1) is 10.8 Å². The Balaban J connectivity index is 0.000000804. The summed E-state index contributed by atoms with van der Waals surface area (Å²) >= 11 is 0. The summed E-state index contributed by atoms with van der Waals surface area (Å²) in [5, 5.41) is 31.8. The van der Waals surface area contributed by atoms with E-state index >= 15 is 0 Å². The van der Waals surface area contributed by atoms with Crippen LogP contribution in [0.15, 0.2) is 54.6 Å². The minimum atomic E-state index is -5.08. The molecule has 0 aliphatic heterocycles. The van der Waals surface area contributed by atoms with Crippen molar-refractivity contribution in [1.82, 2.24) is 5.32 Å². The van der Waals surface area contributed by atoms with Gasteiger partial charge in [-0.1, -0.05) is 42.5 Å². The van der Waals surface area contributed by atoms with Crippen LogP contribution < -0.4 is 16.8 Å². The maximum absolute atomic E-state index is 12.0. The molecule has 9 N–H and O–H groups in total. The van der Waals surface area contributed by atoms with Crippen LogP contribution in [0.3, 0.4) is 0 Å². The summed E-state index contributed by atoms with van der Waals surface area (Å²) in [7, 11) is 0. The fourth-order valence-electron chi connectivity index (χ4n) is 2.06. The molecule has 206 valence electrons. The molecule has 0 spiro atoms. The zero-order chi connectivity index (χ0) is 29.7. The molecule has 0 saturated carbocycles. The van der Waals surface area contributed by atoms with Gasteiger partial charge in [0, 0.05) is 23.2 Å². The van der Waals surface area contributed by atoms with Gasteiger partial charge >= 0.3 is 24.3 Å². The molecule has 0 unspecified atom stereocenters. The van der Waals surface area contributed by atoms with Gasteiger partial charge < -0.3 is 27.0 Å². The third-order valence-electron chi connectivity index (χ3n) is 3.83. The number of rotatable bonds is 6. The second kappa shape index (κ2) is 14.6. The van der Waals surface area contributed by atoms with Crippen molar-refractivity contribution in [2.75, 3.05) is 6.54 Å². The van der Waals surface area contributed by atoms with Gasteiger partial charge in [-0.25, -0.2) is 9.59 Å². The number of hydrogen-bond donors (Lipinski definition) is 7. The van der Waals surface area contributed by atoms with Gasteiger partial charge in [-0.15, -0.1) is 0 Å². The molecular weight excluding hydrogens is 528 g/mol. The lowest BCUT2D eigenvalue weighted by atomic mass is 10.1. The number of aliphatic carboxylic acids is 2. The molecule has 0 aromatic heterocycles. The number of benzene rings is 2. The number of nitrogens with two attached hydrogens (primary N) is 2. The fourth-order valence-corrected chi connectivity index (χ4v) is 2.06. The van der Waals surface area contributed by atoms with Gasteiger partial charge in [-0.3, -0.25) is 15.6 Å². The molecule has 16 heteroatoms. The van der Waals surface area contributed by atoms with Crippen LogP contribution in [-0.4, -0.2) is 58.6 Å². The number of carboxylic acid groups (broad SMARTS) is 2. The highest BCUT2D eigenvalue weighted by Crippen LogP contribution is 2.13. The van der Waals surface area contributed by atoms with Crippen LogP contribution in [0.5, 0.6) is 0 Å². The van der Waals surface area contributed by atoms with E-state index in [2.05, 4.69) is 5.32 Å². The number of nitrogens with one attached hydrogen (secondary N) is 3. The normalized spacial score (nSPS) is 10.8. The zero-order valence-corrected chi connectivity index (χ0v) is 19.0. The van der Waals surface area contributed by atoms with E-state index < -0.39 is 24.3 Å². The predicted molar refractivity (Wildman–Crippen MR) is 124 cm³/mol. The Bertz CT molecular complexity index is 1150. The number of alkyl halides is 6. The summed E-state index contributed by atoms with van der Waals surface area (Å²) in [6.07, 6.45) is -6.49. The van der Waals surface area contributed by atoms with Gasteiger partial charge in [0.15, 0.2) is 0 Å². The van der Waals surface area contributed by atoms with E-state index in [4.69, 9.17) is 42.1 Å². The van der Waals surface area contributed by atoms with Crippen molar-refractivity contribution >= 4 is 35.6 Å². The molecule has 0 aliphatic carbocycles. The average molecular weight is 549 g/mol.